The van der Waals surface area contributed by atoms with Gasteiger partial charge in [0.15, 0.2) is 11.6 Å². The molecule has 1 aromatic carbocycles. The van der Waals surface area contributed by atoms with Crippen LogP contribution in [0.1, 0.15) is 31.5 Å². The number of carbonyl (C=O) groups is 1. The Hall–Kier alpha value is -2.37. The SMILES string of the molecule is O=C(NC(C1CC1)C1CC1)N1CCn2c(nnc2-c2ccccc2)C1. The number of benzene rings is 1. The lowest BCUT2D eigenvalue weighted by atomic mass is 10.1. The molecule has 2 heterocycles. The molecule has 1 aliphatic heterocycles. The molecule has 5 rings (SSSR count). The number of hydrogen-bond acceptors (Lipinski definition) is 3. The van der Waals surface area contributed by atoms with Crippen LogP contribution in [0.15, 0.2) is 30.3 Å². The molecule has 0 spiro atoms. The second-order valence-corrected chi connectivity index (χ2v) is 7.53. The molecule has 0 unspecified atom stereocenters. The molecule has 1 aromatic heterocycles. The lowest BCUT2D eigenvalue weighted by Gasteiger charge is -2.30. The predicted octanol–water partition coefficient (Wildman–Crippen LogP) is 2.66. The van der Waals surface area contributed by atoms with Crippen molar-refractivity contribution in [1.29, 1.82) is 0 Å². The van der Waals surface area contributed by atoms with Gasteiger partial charge in [0, 0.05) is 24.7 Å². The van der Waals surface area contributed by atoms with Crippen LogP contribution in [-0.2, 0) is 13.1 Å². The van der Waals surface area contributed by atoms with E-state index >= 15 is 0 Å². The third-order valence-corrected chi connectivity index (χ3v) is 5.62. The van der Waals surface area contributed by atoms with Crippen LogP contribution in [0.25, 0.3) is 11.4 Å². The highest BCUT2D eigenvalue weighted by Gasteiger charge is 2.43. The highest BCUT2D eigenvalue weighted by Crippen LogP contribution is 2.44. The largest absolute Gasteiger partial charge is 0.335 e. The lowest BCUT2D eigenvalue weighted by molar-refractivity contribution is 0.175. The smallest absolute Gasteiger partial charge is 0.318 e. The van der Waals surface area contributed by atoms with Gasteiger partial charge in [-0.3, -0.25) is 0 Å². The van der Waals surface area contributed by atoms with Gasteiger partial charge in [-0.2, -0.15) is 0 Å². The summed E-state index contributed by atoms with van der Waals surface area (Å²) in [5.74, 6) is 3.20. The van der Waals surface area contributed by atoms with Gasteiger partial charge in [0.1, 0.15) is 0 Å². The summed E-state index contributed by atoms with van der Waals surface area (Å²) in [4.78, 5) is 14.6. The first-order valence-electron chi connectivity index (χ1n) is 9.32. The van der Waals surface area contributed by atoms with Crippen LogP contribution < -0.4 is 5.32 Å². The van der Waals surface area contributed by atoms with E-state index in [1.807, 2.05) is 35.2 Å². The van der Waals surface area contributed by atoms with Crippen molar-refractivity contribution in [2.24, 2.45) is 11.8 Å². The molecule has 130 valence electrons. The van der Waals surface area contributed by atoms with Gasteiger partial charge >= 0.3 is 6.03 Å². The monoisotopic (exact) mass is 337 g/mol. The fourth-order valence-electron chi connectivity index (χ4n) is 3.90. The second-order valence-electron chi connectivity index (χ2n) is 7.53. The van der Waals surface area contributed by atoms with Gasteiger partial charge in [-0.1, -0.05) is 30.3 Å². The average Bonchev–Trinajstić information content (AvgIpc) is 3.57. The number of carbonyl (C=O) groups excluding carboxylic acids is 1. The number of fused-ring (bicyclic) bond motifs is 1. The number of amides is 2. The fourth-order valence-corrected chi connectivity index (χ4v) is 3.90. The predicted molar refractivity (Wildman–Crippen MR) is 93.6 cm³/mol. The van der Waals surface area contributed by atoms with Crippen molar-refractivity contribution < 1.29 is 4.79 Å². The van der Waals surface area contributed by atoms with Crippen LogP contribution in [0.5, 0.6) is 0 Å². The van der Waals surface area contributed by atoms with E-state index in [1.54, 1.807) is 0 Å². The number of nitrogens with one attached hydrogen (secondary N) is 1. The van der Waals surface area contributed by atoms with Gasteiger partial charge < -0.3 is 14.8 Å². The molecule has 2 fully saturated rings. The van der Waals surface area contributed by atoms with E-state index < -0.39 is 0 Å². The Morgan fingerprint density at radius 1 is 1.04 bits per heavy atom. The number of rotatable bonds is 4. The van der Waals surface area contributed by atoms with E-state index in [9.17, 15) is 4.79 Å². The molecule has 2 saturated carbocycles. The molecule has 0 atom stereocenters. The van der Waals surface area contributed by atoms with Crippen LogP contribution in [0, 0.1) is 11.8 Å². The first-order chi connectivity index (χ1) is 12.3. The fraction of sp³-hybridized carbons (Fsp3) is 0.526. The molecule has 0 radical (unpaired) electrons. The molecule has 6 heteroatoms. The second kappa shape index (κ2) is 5.86. The number of aromatic nitrogens is 3. The zero-order valence-electron chi connectivity index (χ0n) is 14.3. The summed E-state index contributed by atoms with van der Waals surface area (Å²) in [6.45, 7) is 1.99. The summed E-state index contributed by atoms with van der Waals surface area (Å²) in [7, 11) is 0. The van der Waals surface area contributed by atoms with Crippen LogP contribution in [0.4, 0.5) is 4.79 Å². The molecule has 0 saturated heterocycles. The normalized spacial score (nSPS) is 19.8. The Kier molecular flexibility index (Phi) is 3.50. The van der Waals surface area contributed by atoms with Crippen LogP contribution in [0.2, 0.25) is 0 Å². The average molecular weight is 337 g/mol. The highest BCUT2D eigenvalue weighted by atomic mass is 16.2. The minimum atomic E-state index is 0.0688. The standard InChI is InChI=1S/C19H23N5O/c25-19(20-17(13-6-7-13)14-8-9-14)23-10-11-24-16(12-23)21-22-18(24)15-4-2-1-3-5-15/h1-5,13-14,17H,6-12H2,(H,20,25). The van der Waals surface area contributed by atoms with Gasteiger partial charge in [0.25, 0.3) is 0 Å². The summed E-state index contributed by atoms with van der Waals surface area (Å²) in [6.07, 6.45) is 5.10. The van der Waals surface area contributed by atoms with Crippen molar-refractivity contribution in [1.82, 2.24) is 25.0 Å². The Balaban J connectivity index is 1.29. The summed E-state index contributed by atoms with van der Waals surface area (Å²) >= 11 is 0. The van der Waals surface area contributed by atoms with E-state index in [2.05, 4.69) is 20.1 Å². The van der Waals surface area contributed by atoms with E-state index in [-0.39, 0.29) is 6.03 Å². The molecule has 0 bridgehead atoms. The van der Waals surface area contributed by atoms with Gasteiger partial charge in [0.05, 0.1) is 6.54 Å². The maximum absolute atomic E-state index is 12.7. The molecule has 2 aromatic rings. The van der Waals surface area contributed by atoms with E-state index in [1.165, 1.54) is 25.7 Å². The molecular formula is C19H23N5O. The number of urea groups is 1. The van der Waals surface area contributed by atoms with E-state index in [0.29, 0.717) is 19.1 Å². The van der Waals surface area contributed by atoms with E-state index in [4.69, 9.17) is 0 Å². The number of nitrogens with zero attached hydrogens (tertiary/aromatic N) is 4. The van der Waals surface area contributed by atoms with Gasteiger partial charge in [-0.05, 0) is 37.5 Å². The Labute approximate surface area is 147 Å². The molecule has 1 N–H and O–H groups in total. The molecule has 2 amide bonds. The van der Waals surface area contributed by atoms with Crippen LogP contribution >= 0.6 is 0 Å². The third-order valence-electron chi connectivity index (χ3n) is 5.62. The van der Waals surface area contributed by atoms with E-state index in [0.717, 1.165) is 35.6 Å². The lowest BCUT2D eigenvalue weighted by Crippen LogP contribution is -2.49. The zero-order valence-corrected chi connectivity index (χ0v) is 14.3. The molecular weight excluding hydrogens is 314 g/mol. The van der Waals surface area contributed by atoms with Crippen LogP contribution in [-0.4, -0.2) is 38.3 Å². The van der Waals surface area contributed by atoms with Crippen LogP contribution in [0.3, 0.4) is 0 Å². The molecule has 25 heavy (non-hydrogen) atoms. The van der Waals surface area contributed by atoms with Crippen molar-refractivity contribution in [2.45, 2.75) is 44.8 Å². The summed E-state index contributed by atoms with van der Waals surface area (Å²) in [5.41, 5.74) is 1.07. The van der Waals surface area contributed by atoms with Gasteiger partial charge in [-0.15, -0.1) is 10.2 Å². The quantitative estimate of drug-likeness (QED) is 0.933. The summed E-state index contributed by atoms with van der Waals surface area (Å²) in [5, 5.41) is 12.0. The Morgan fingerprint density at radius 2 is 1.76 bits per heavy atom. The van der Waals surface area contributed by atoms with Crippen molar-refractivity contribution in [3.05, 3.63) is 36.2 Å². The van der Waals surface area contributed by atoms with Crippen molar-refractivity contribution in [2.75, 3.05) is 6.54 Å². The van der Waals surface area contributed by atoms with Crippen molar-refractivity contribution in [3.8, 4) is 11.4 Å². The first kappa shape index (κ1) is 14.9. The maximum Gasteiger partial charge on any atom is 0.318 e. The highest BCUT2D eigenvalue weighted by molar-refractivity contribution is 5.75. The summed E-state index contributed by atoms with van der Waals surface area (Å²) < 4.78 is 2.14. The van der Waals surface area contributed by atoms with Crippen molar-refractivity contribution >= 4 is 6.03 Å². The minimum absolute atomic E-state index is 0.0688. The minimum Gasteiger partial charge on any atom is -0.335 e. The first-order valence-corrected chi connectivity index (χ1v) is 9.32. The molecule has 6 nitrogen and oxygen atoms in total. The molecule has 3 aliphatic rings. The maximum atomic E-state index is 12.7. The van der Waals surface area contributed by atoms with Gasteiger partial charge in [-0.25, -0.2) is 4.79 Å². The topological polar surface area (TPSA) is 63.1 Å². The Morgan fingerprint density at radius 3 is 2.44 bits per heavy atom. The third kappa shape index (κ3) is 2.90. The Bertz CT molecular complexity index is 766. The number of hydrogen-bond donors (Lipinski definition) is 1. The zero-order chi connectivity index (χ0) is 16.8. The van der Waals surface area contributed by atoms with Crippen molar-refractivity contribution in [3.63, 3.8) is 0 Å². The molecule has 2 aliphatic carbocycles. The summed E-state index contributed by atoms with van der Waals surface area (Å²) in [6, 6.07) is 10.6. The van der Waals surface area contributed by atoms with Gasteiger partial charge in [0.2, 0.25) is 0 Å².